The van der Waals surface area contributed by atoms with E-state index < -0.39 is 15.9 Å². The second-order valence-electron chi connectivity index (χ2n) is 5.98. The van der Waals surface area contributed by atoms with Gasteiger partial charge in [0.2, 0.25) is 10.0 Å². The lowest BCUT2D eigenvalue weighted by Crippen LogP contribution is -2.31. The number of ether oxygens (including phenoxy) is 3. The lowest BCUT2D eigenvalue weighted by atomic mass is 10.2. The number of anilines is 1. The maximum atomic E-state index is 12.9. The van der Waals surface area contributed by atoms with E-state index in [2.05, 4.69) is 5.32 Å². The highest BCUT2D eigenvalue weighted by Crippen LogP contribution is 2.31. The fourth-order valence-corrected chi connectivity index (χ4v) is 4.48. The Labute approximate surface area is 171 Å². The van der Waals surface area contributed by atoms with Crippen LogP contribution in [-0.2, 0) is 10.0 Å². The highest BCUT2D eigenvalue weighted by Gasteiger charge is 2.27. The molecule has 0 aliphatic heterocycles. The van der Waals surface area contributed by atoms with Crippen molar-refractivity contribution < 1.29 is 27.4 Å². The molecule has 0 atom stereocenters. The van der Waals surface area contributed by atoms with Gasteiger partial charge in [-0.15, -0.1) is 0 Å². The normalized spacial score (nSPS) is 11.2. The van der Waals surface area contributed by atoms with Gasteiger partial charge in [0.15, 0.2) is 11.5 Å². The van der Waals surface area contributed by atoms with Gasteiger partial charge in [-0.1, -0.05) is 13.8 Å². The molecule has 2 rings (SSSR count). The Kier molecular flexibility index (Phi) is 7.46. The van der Waals surface area contributed by atoms with E-state index in [9.17, 15) is 13.2 Å². The van der Waals surface area contributed by atoms with Crippen LogP contribution >= 0.6 is 0 Å². The van der Waals surface area contributed by atoms with Crippen molar-refractivity contribution >= 4 is 21.6 Å². The lowest BCUT2D eigenvalue weighted by molar-refractivity contribution is 0.102. The number of amides is 1. The predicted octanol–water partition coefficient (Wildman–Crippen LogP) is 3.00. The van der Waals surface area contributed by atoms with Crippen molar-refractivity contribution in [2.45, 2.75) is 18.7 Å². The topological polar surface area (TPSA) is 94.2 Å². The molecule has 0 saturated carbocycles. The van der Waals surface area contributed by atoms with Crippen molar-refractivity contribution in [3.63, 3.8) is 0 Å². The summed E-state index contributed by atoms with van der Waals surface area (Å²) < 4.78 is 42.8. The van der Waals surface area contributed by atoms with Crippen molar-refractivity contribution in [1.29, 1.82) is 0 Å². The number of hydrogen-bond acceptors (Lipinski definition) is 6. The third-order valence-corrected chi connectivity index (χ3v) is 6.46. The molecule has 2 aromatic rings. The first-order valence-electron chi connectivity index (χ1n) is 9.03. The van der Waals surface area contributed by atoms with Crippen LogP contribution < -0.4 is 19.5 Å². The molecule has 0 aliphatic carbocycles. The molecule has 0 heterocycles. The van der Waals surface area contributed by atoms with Crippen LogP contribution in [-0.4, -0.2) is 53.0 Å². The van der Waals surface area contributed by atoms with Gasteiger partial charge in [0, 0.05) is 30.4 Å². The summed E-state index contributed by atoms with van der Waals surface area (Å²) in [5.74, 6) is 0.711. The smallest absolute Gasteiger partial charge is 0.255 e. The van der Waals surface area contributed by atoms with E-state index in [4.69, 9.17) is 14.2 Å². The van der Waals surface area contributed by atoms with Crippen molar-refractivity contribution in [3.05, 3.63) is 42.0 Å². The summed E-state index contributed by atoms with van der Waals surface area (Å²) in [4.78, 5) is 12.7. The van der Waals surface area contributed by atoms with Crippen molar-refractivity contribution in [3.8, 4) is 17.2 Å². The third-order valence-electron chi connectivity index (χ3n) is 4.39. The van der Waals surface area contributed by atoms with Crippen molar-refractivity contribution in [2.75, 3.05) is 39.7 Å². The number of methoxy groups -OCH3 is 3. The quantitative estimate of drug-likeness (QED) is 0.668. The molecule has 0 spiro atoms. The SMILES string of the molecule is CCN(CC)S(=O)(=O)c1cc(C(=O)Nc2ccc(OC)c(OC)c2)ccc1OC. The van der Waals surface area contributed by atoms with E-state index in [0.717, 1.165) is 0 Å². The van der Waals surface area contributed by atoms with Crippen LogP contribution in [0.2, 0.25) is 0 Å². The number of benzene rings is 2. The molecule has 0 fully saturated rings. The fraction of sp³-hybridized carbons (Fsp3) is 0.350. The number of nitrogens with one attached hydrogen (secondary N) is 1. The number of carbonyl (C=O) groups is 1. The highest BCUT2D eigenvalue weighted by molar-refractivity contribution is 7.89. The molecule has 8 nitrogen and oxygen atoms in total. The molecule has 1 N–H and O–H groups in total. The summed E-state index contributed by atoms with van der Waals surface area (Å²) in [6.45, 7) is 4.12. The largest absolute Gasteiger partial charge is 0.495 e. The number of sulfonamides is 1. The Bertz CT molecular complexity index is 971. The van der Waals surface area contributed by atoms with Crippen LogP contribution in [0, 0.1) is 0 Å². The summed E-state index contributed by atoms with van der Waals surface area (Å²) in [6.07, 6.45) is 0. The monoisotopic (exact) mass is 422 g/mol. The number of carbonyl (C=O) groups excluding carboxylic acids is 1. The van der Waals surface area contributed by atoms with Gasteiger partial charge in [0.1, 0.15) is 10.6 Å². The molecular formula is C20H26N2O6S. The molecule has 0 radical (unpaired) electrons. The van der Waals surface area contributed by atoms with Crippen LogP contribution in [0.5, 0.6) is 17.2 Å². The number of hydrogen-bond donors (Lipinski definition) is 1. The summed E-state index contributed by atoms with van der Waals surface area (Å²) in [6, 6.07) is 9.25. The van der Waals surface area contributed by atoms with Crippen LogP contribution in [0.1, 0.15) is 24.2 Å². The Balaban J connectivity index is 2.39. The van der Waals surface area contributed by atoms with Crippen molar-refractivity contribution in [2.24, 2.45) is 0 Å². The van der Waals surface area contributed by atoms with E-state index in [1.807, 2.05) is 0 Å². The average Bonchev–Trinajstić information content (AvgIpc) is 2.73. The zero-order chi connectivity index (χ0) is 21.6. The maximum absolute atomic E-state index is 12.9. The Morgan fingerprint density at radius 2 is 1.48 bits per heavy atom. The first kappa shape index (κ1) is 22.5. The van der Waals surface area contributed by atoms with Gasteiger partial charge in [-0.2, -0.15) is 4.31 Å². The molecule has 0 aliphatic rings. The van der Waals surface area contributed by atoms with Gasteiger partial charge < -0.3 is 19.5 Å². The number of rotatable bonds is 9. The van der Waals surface area contributed by atoms with Crippen LogP contribution in [0.25, 0.3) is 0 Å². The molecule has 0 unspecified atom stereocenters. The van der Waals surface area contributed by atoms with Gasteiger partial charge >= 0.3 is 0 Å². The van der Waals surface area contributed by atoms with Gasteiger partial charge in [0.25, 0.3) is 5.91 Å². The molecular weight excluding hydrogens is 396 g/mol. The second kappa shape index (κ2) is 9.62. The molecule has 1 amide bonds. The first-order valence-corrected chi connectivity index (χ1v) is 10.5. The highest BCUT2D eigenvalue weighted by atomic mass is 32.2. The average molecular weight is 423 g/mol. The molecule has 9 heteroatoms. The van der Waals surface area contributed by atoms with Gasteiger partial charge in [-0.3, -0.25) is 4.79 Å². The van der Waals surface area contributed by atoms with E-state index >= 15 is 0 Å². The summed E-state index contributed by atoms with van der Waals surface area (Å²) in [5.41, 5.74) is 0.669. The molecule has 0 aromatic heterocycles. The standard InChI is InChI=1S/C20H26N2O6S/c1-6-22(7-2)29(24,25)19-12-14(8-10-17(19)27-4)20(23)21-15-9-11-16(26-3)18(13-15)28-5/h8-13H,6-7H2,1-5H3,(H,21,23). The summed E-state index contributed by atoms with van der Waals surface area (Å²) in [7, 11) is 0.605. The minimum absolute atomic E-state index is 0.0522. The molecule has 0 saturated heterocycles. The van der Waals surface area contributed by atoms with Gasteiger partial charge in [-0.25, -0.2) is 8.42 Å². The molecule has 158 valence electrons. The summed E-state index contributed by atoms with van der Waals surface area (Å²) in [5, 5.41) is 2.73. The Hall–Kier alpha value is -2.78. The minimum atomic E-state index is -3.80. The van der Waals surface area contributed by atoms with Crippen LogP contribution in [0.4, 0.5) is 5.69 Å². The van der Waals surface area contributed by atoms with Gasteiger partial charge in [-0.05, 0) is 30.3 Å². The molecule has 2 aromatic carbocycles. The van der Waals surface area contributed by atoms with Crippen LogP contribution in [0.3, 0.4) is 0 Å². The Morgan fingerprint density at radius 1 is 0.897 bits per heavy atom. The maximum Gasteiger partial charge on any atom is 0.255 e. The van der Waals surface area contributed by atoms with Crippen LogP contribution in [0.15, 0.2) is 41.3 Å². The lowest BCUT2D eigenvalue weighted by Gasteiger charge is -2.20. The Morgan fingerprint density at radius 3 is 2.03 bits per heavy atom. The van der Waals surface area contributed by atoms with E-state index in [1.165, 1.54) is 43.8 Å². The predicted molar refractivity (Wildman–Crippen MR) is 111 cm³/mol. The zero-order valence-electron chi connectivity index (χ0n) is 17.2. The minimum Gasteiger partial charge on any atom is -0.495 e. The second-order valence-corrected chi connectivity index (χ2v) is 7.89. The first-order chi connectivity index (χ1) is 13.8. The van der Waals surface area contributed by atoms with E-state index in [1.54, 1.807) is 32.0 Å². The van der Waals surface area contributed by atoms with Crippen molar-refractivity contribution in [1.82, 2.24) is 4.31 Å². The van der Waals surface area contributed by atoms with Gasteiger partial charge in [0.05, 0.1) is 21.3 Å². The fourth-order valence-electron chi connectivity index (χ4n) is 2.84. The zero-order valence-corrected chi connectivity index (χ0v) is 18.0. The molecule has 29 heavy (non-hydrogen) atoms. The third kappa shape index (κ3) is 4.80. The van der Waals surface area contributed by atoms with E-state index in [0.29, 0.717) is 30.3 Å². The number of nitrogens with zero attached hydrogens (tertiary/aromatic N) is 1. The molecule has 0 bridgehead atoms. The van der Waals surface area contributed by atoms with E-state index in [-0.39, 0.29) is 16.2 Å². The summed E-state index contributed by atoms with van der Waals surface area (Å²) >= 11 is 0.